The van der Waals surface area contributed by atoms with Crippen LogP contribution in [0.5, 0.6) is 0 Å². The molecule has 0 spiro atoms. The largest absolute Gasteiger partial charge is 0.377 e. The molecular weight excluding hydrogens is 386 g/mol. The molecule has 29 heavy (non-hydrogen) atoms. The minimum atomic E-state index is -3.24. The van der Waals surface area contributed by atoms with Gasteiger partial charge < -0.3 is 15.4 Å². The zero-order chi connectivity index (χ0) is 21.3. The van der Waals surface area contributed by atoms with E-state index >= 15 is 0 Å². The lowest BCUT2D eigenvalue weighted by Crippen LogP contribution is -2.43. The van der Waals surface area contributed by atoms with Crippen LogP contribution in [-0.2, 0) is 14.6 Å². The molecule has 2 atom stereocenters. The lowest BCUT2D eigenvalue weighted by Gasteiger charge is -2.39. The van der Waals surface area contributed by atoms with Crippen molar-refractivity contribution >= 4 is 15.8 Å². The van der Waals surface area contributed by atoms with E-state index in [9.17, 15) is 8.42 Å². The number of rotatable bonds is 8. The summed E-state index contributed by atoms with van der Waals surface area (Å²) in [6.07, 6.45) is 2.94. The summed E-state index contributed by atoms with van der Waals surface area (Å²) in [6.45, 7) is 11.5. The lowest BCUT2D eigenvalue weighted by atomic mass is 9.78. The number of nitrogens with zero attached hydrogens (tertiary/aromatic N) is 1. The number of guanidine groups is 1. The summed E-state index contributed by atoms with van der Waals surface area (Å²) < 4.78 is 30.8. The molecule has 0 aliphatic carbocycles. The number of nitrogens with one attached hydrogen (secondary N) is 2. The fourth-order valence-corrected chi connectivity index (χ4v) is 5.08. The van der Waals surface area contributed by atoms with Crippen molar-refractivity contribution in [3.8, 4) is 0 Å². The van der Waals surface area contributed by atoms with Crippen LogP contribution in [0, 0.1) is 11.3 Å². The topological polar surface area (TPSA) is 79.8 Å². The van der Waals surface area contributed by atoms with E-state index in [0.717, 1.165) is 32.0 Å². The summed E-state index contributed by atoms with van der Waals surface area (Å²) in [4.78, 5) is 5.14. The van der Waals surface area contributed by atoms with Gasteiger partial charge in [0.05, 0.1) is 16.8 Å². The second-order valence-electron chi connectivity index (χ2n) is 8.69. The predicted molar refractivity (Wildman–Crippen MR) is 119 cm³/mol. The van der Waals surface area contributed by atoms with E-state index < -0.39 is 9.84 Å². The number of hydrogen-bond acceptors (Lipinski definition) is 4. The van der Waals surface area contributed by atoms with E-state index in [-0.39, 0.29) is 17.3 Å². The van der Waals surface area contributed by atoms with E-state index in [0.29, 0.717) is 30.3 Å². The minimum absolute atomic E-state index is 0.0954. The summed E-state index contributed by atoms with van der Waals surface area (Å²) in [5.41, 5.74) is 0.0954. The molecular formula is C22H37N3O3S. The maximum absolute atomic E-state index is 12.4. The number of ether oxygens (including phenoxy) is 1. The van der Waals surface area contributed by atoms with Gasteiger partial charge >= 0.3 is 0 Å². The molecule has 7 heteroatoms. The average molecular weight is 424 g/mol. The average Bonchev–Trinajstić information content (AvgIpc) is 2.69. The molecule has 1 heterocycles. The maximum atomic E-state index is 12.4. The Labute approximate surface area is 176 Å². The molecule has 1 fully saturated rings. The van der Waals surface area contributed by atoms with E-state index in [1.54, 1.807) is 24.3 Å². The van der Waals surface area contributed by atoms with E-state index in [4.69, 9.17) is 9.73 Å². The van der Waals surface area contributed by atoms with Gasteiger partial charge in [0.2, 0.25) is 0 Å². The summed E-state index contributed by atoms with van der Waals surface area (Å²) in [6, 6.07) is 8.61. The lowest BCUT2D eigenvalue weighted by molar-refractivity contribution is -0.0823. The van der Waals surface area contributed by atoms with Gasteiger partial charge in [-0.15, -0.1) is 0 Å². The van der Waals surface area contributed by atoms with Crippen LogP contribution in [-0.4, -0.2) is 52.5 Å². The van der Waals surface area contributed by atoms with Gasteiger partial charge in [-0.25, -0.2) is 8.42 Å². The quantitative estimate of drug-likeness (QED) is 0.381. The Hall–Kier alpha value is -1.60. The maximum Gasteiger partial charge on any atom is 0.191 e. The van der Waals surface area contributed by atoms with E-state index in [2.05, 4.69) is 31.4 Å². The van der Waals surface area contributed by atoms with Gasteiger partial charge in [0, 0.05) is 32.2 Å². The van der Waals surface area contributed by atoms with E-state index in [1.807, 2.05) is 13.0 Å². The van der Waals surface area contributed by atoms with Gasteiger partial charge in [0.15, 0.2) is 15.8 Å². The second kappa shape index (κ2) is 11.0. The third kappa shape index (κ3) is 7.63. The van der Waals surface area contributed by atoms with Crippen LogP contribution in [0.3, 0.4) is 0 Å². The molecule has 0 bridgehead atoms. The summed E-state index contributed by atoms with van der Waals surface area (Å²) >= 11 is 0. The zero-order valence-corrected chi connectivity index (χ0v) is 19.1. The SMILES string of the molecule is CCNC(=NCC1CCCOC1C(C)(C)C)NCCCS(=O)(=O)c1ccccc1. The highest BCUT2D eigenvalue weighted by Gasteiger charge is 2.35. The van der Waals surface area contributed by atoms with Crippen LogP contribution in [0.25, 0.3) is 0 Å². The van der Waals surface area contributed by atoms with Crippen molar-refractivity contribution in [2.75, 3.05) is 32.0 Å². The first kappa shape index (κ1) is 23.7. The Morgan fingerprint density at radius 3 is 2.59 bits per heavy atom. The van der Waals surface area contributed by atoms with Gasteiger partial charge in [-0.2, -0.15) is 0 Å². The highest BCUT2D eigenvalue weighted by molar-refractivity contribution is 7.91. The van der Waals surface area contributed by atoms with Crippen molar-refractivity contribution in [1.82, 2.24) is 10.6 Å². The zero-order valence-electron chi connectivity index (χ0n) is 18.3. The van der Waals surface area contributed by atoms with Gasteiger partial charge in [-0.1, -0.05) is 39.0 Å². The van der Waals surface area contributed by atoms with Crippen LogP contribution < -0.4 is 10.6 Å². The standard InChI is InChI=1S/C22H37N3O3S/c1-5-23-21(25-17-18-11-9-15-28-20(18)22(2,3)4)24-14-10-16-29(26,27)19-12-7-6-8-13-19/h6-8,12-13,18,20H,5,9-11,14-17H2,1-4H3,(H2,23,24,25). The first-order valence-electron chi connectivity index (χ1n) is 10.7. The Balaban J connectivity index is 1.87. The van der Waals surface area contributed by atoms with Crippen LogP contribution in [0.1, 0.15) is 47.0 Å². The third-order valence-electron chi connectivity index (χ3n) is 5.11. The van der Waals surface area contributed by atoms with Gasteiger partial charge in [0.1, 0.15) is 0 Å². The van der Waals surface area contributed by atoms with Crippen LogP contribution in [0.15, 0.2) is 40.2 Å². The molecule has 2 N–H and O–H groups in total. The molecule has 1 aromatic carbocycles. The summed E-state index contributed by atoms with van der Waals surface area (Å²) in [7, 11) is -3.24. The van der Waals surface area contributed by atoms with E-state index in [1.165, 1.54) is 0 Å². The van der Waals surface area contributed by atoms with Crippen LogP contribution in [0.2, 0.25) is 0 Å². The highest BCUT2D eigenvalue weighted by Crippen LogP contribution is 2.34. The molecule has 1 aliphatic rings. The first-order valence-corrected chi connectivity index (χ1v) is 12.3. The molecule has 1 saturated heterocycles. The Morgan fingerprint density at radius 2 is 1.93 bits per heavy atom. The smallest absolute Gasteiger partial charge is 0.191 e. The predicted octanol–water partition coefficient (Wildman–Crippen LogP) is 3.25. The molecule has 164 valence electrons. The molecule has 0 saturated carbocycles. The summed E-state index contributed by atoms with van der Waals surface area (Å²) in [5, 5.41) is 6.53. The molecule has 0 aromatic heterocycles. The van der Waals surface area contributed by atoms with Crippen LogP contribution in [0.4, 0.5) is 0 Å². The second-order valence-corrected chi connectivity index (χ2v) is 10.8. The fourth-order valence-electron chi connectivity index (χ4n) is 3.75. The number of aliphatic imine (C=N–C) groups is 1. The number of sulfone groups is 1. The van der Waals surface area contributed by atoms with Gasteiger partial charge in [0.25, 0.3) is 0 Å². The molecule has 0 amide bonds. The normalized spacial score (nSPS) is 21.0. The van der Waals surface area contributed by atoms with Crippen molar-refractivity contribution in [2.24, 2.45) is 16.3 Å². The van der Waals surface area contributed by atoms with Crippen molar-refractivity contribution in [3.05, 3.63) is 30.3 Å². The molecule has 6 nitrogen and oxygen atoms in total. The van der Waals surface area contributed by atoms with Crippen molar-refractivity contribution in [1.29, 1.82) is 0 Å². The number of benzene rings is 1. The monoisotopic (exact) mass is 423 g/mol. The van der Waals surface area contributed by atoms with Crippen molar-refractivity contribution < 1.29 is 13.2 Å². The molecule has 2 rings (SSSR count). The molecule has 1 aromatic rings. The number of hydrogen-bond donors (Lipinski definition) is 2. The van der Waals surface area contributed by atoms with Crippen molar-refractivity contribution in [2.45, 2.75) is 58.0 Å². The Kier molecular flexibility index (Phi) is 8.96. The molecule has 2 unspecified atom stereocenters. The third-order valence-corrected chi connectivity index (χ3v) is 6.93. The van der Waals surface area contributed by atoms with Crippen LogP contribution >= 0.6 is 0 Å². The fraction of sp³-hybridized carbons (Fsp3) is 0.682. The van der Waals surface area contributed by atoms with Crippen molar-refractivity contribution in [3.63, 3.8) is 0 Å². The minimum Gasteiger partial charge on any atom is -0.377 e. The first-order chi connectivity index (χ1) is 13.7. The van der Waals surface area contributed by atoms with Gasteiger partial charge in [-0.3, -0.25) is 4.99 Å². The Morgan fingerprint density at radius 1 is 1.21 bits per heavy atom. The summed E-state index contributed by atoms with van der Waals surface area (Å²) in [5.74, 6) is 1.26. The molecule has 1 aliphatic heterocycles. The van der Waals surface area contributed by atoms with Gasteiger partial charge in [-0.05, 0) is 43.7 Å². The Bertz CT molecular complexity index is 742. The highest BCUT2D eigenvalue weighted by atomic mass is 32.2. The molecule has 0 radical (unpaired) electrons.